The number of hydrogen-bond acceptors (Lipinski definition) is 4. The van der Waals surface area contributed by atoms with Crippen LogP contribution >= 0.6 is 0 Å². The van der Waals surface area contributed by atoms with Gasteiger partial charge >= 0.3 is 0 Å². The van der Waals surface area contributed by atoms with Gasteiger partial charge in [0.2, 0.25) is 0 Å². The molecule has 1 fully saturated rings. The summed E-state index contributed by atoms with van der Waals surface area (Å²) in [6, 6.07) is 19.9. The second-order valence-electron chi connectivity index (χ2n) is 8.98. The molecule has 0 radical (unpaired) electrons. The van der Waals surface area contributed by atoms with E-state index < -0.39 is 0 Å². The summed E-state index contributed by atoms with van der Waals surface area (Å²) in [7, 11) is 0. The molecule has 3 aromatic rings. The van der Waals surface area contributed by atoms with Gasteiger partial charge in [0.05, 0.1) is 24.5 Å². The quantitative estimate of drug-likeness (QED) is 0.542. The number of rotatable bonds is 7. The predicted molar refractivity (Wildman–Crippen MR) is 124 cm³/mol. The zero-order valence-corrected chi connectivity index (χ0v) is 18.5. The van der Waals surface area contributed by atoms with Crippen LogP contribution in [0, 0.1) is 0 Å². The molecule has 0 spiro atoms. The van der Waals surface area contributed by atoms with E-state index in [2.05, 4.69) is 41.8 Å². The third kappa shape index (κ3) is 4.50. The monoisotopic (exact) mass is 431 g/mol. The lowest BCUT2D eigenvalue weighted by molar-refractivity contribution is -0.0180. The molecule has 1 aromatic heterocycles. The second-order valence-corrected chi connectivity index (χ2v) is 8.98. The van der Waals surface area contributed by atoms with Gasteiger partial charge in [-0.3, -0.25) is 4.79 Å². The van der Waals surface area contributed by atoms with Gasteiger partial charge in [0.25, 0.3) is 0 Å². The van der Waals surface area contributed by atoms with Crippen molar-refractivity contribution in [2.75, 3.05) is 13.2 Å². The highest BCUT2D eigenvalue weighted by Gasteiger charge is 2.31. The van der Waals surface area contributed by atoms with Gasteiger partial charge in [0, 0.05) is 30.8 Å². The molecule has 0 bridgehead atoms. The fourth-order valence-electron chi connectivity index (χ4n) is 4.61. The Kier molecular flexibility index (Phi) is 5.85. The van der Waals surface area contributed by atoms with Crippen molar-refractivity contribution in [3.8, 4) is 17.1 Å². The number of aryl methyl sites for hydroxylation is 1. The Hall–Kier alpha value is -2.89. The van der Waals surface area contributed by atoms with E-state index in [1.165, 1.54) is 11.1 Å². The normalized spacial score (nSPS) is 19.4. The summed E-state index contributed by atoms with van der Waals surface area (Å²) in [6.45, 7) is 5.26. The molecule has 2 aromatic carbocycles. The van der Waals surface area contributed by atoms with Gasteiger partial charge in [-0.15, -0.1) is 0 Å². The topological polar surface area (TPSA) is 49.7 Å². The largest absolute Gasteiger partial charge is 0.476 e. The molecule has 5 nitrogen and oxygen atoms in total. The van der Waals surface area contributed by atoms with E-state index in [0.29, 0.717) is 25.7 Å². The minimum absolute atomic E-state index is 0.0353. The average Bonchev–Trinajstić information content (AvgIpc) is 3.24. The van der Waals surface area contributed by atoms with Gasteiger partial charge in [0.15, 0.2) is 11.3 Å². The summed E-state index contributed by atoms with van der Waals surface area (Å²) >= 11 is 0. The molecule has 0 N–H and O–H groups in total. The lowest BCUT2D eigenvalue weighted by atomic mass is 9.95. The SMILES string of the molecule is CC1(COc2cc(=O)cc3n2CCc2cc(COCc4ccccc4)ccc2-3)CCCO1. The predicted octanol–water partition coefficient (Wildman–Crippen LogP) is 4.74. The van der Waals surface area contributed by atoms with Crippen LogP contribution in [0.1, 0.15) is 36.5 Å². The molecule has 0 saturated carbocycles. The van der Waals surface area contributed by atoms with Crippen molar-refractivity contribution in [1.29, 1.82) is 0 Å². The summed E-state index contributed by atoms with van der Waals surface area (Å²) in [6.07, 6.45) is 2.92. The Bertz CT molecular complexity index is 1150. The van der Waals surface area contributed by atoms with Gasteiger partial charge < -0.3 is 18.8 Å². The van der Waals surface area contributed by atoms with Crippen LogP contribution in [0.3, 0.4) is 0 Å². The first-order valence-corrected chi connectivity index (χ1v) is 11.4. The van der Waals surface area contributed by atoms with E-state index in [-0.39, 0.29) is 11.0 Å². The Morgan fingerprint density at radius 2 is 1.88 bits per heavy atom. The summed E-state index contributed by atoms with van der Waals surface area (Å²) in [5.41, 5.74) is 5.27. The third-order valence-corrected chi connectivity index (χ3v) is 6.36. The highest BCUT2D eigenvalue weighted by Crippen LogP contribution is 2.33. The molecule has 1 atom stereocenters. The number of hydrogen-bond donors (Lipinski definition) is 0. The molecule has 32 heavy (non-hydrogen) atoms. The Labute approximate surface area is 188 Å². The molecular weight excluding hydrogens is 402 g/mol. The first kappa shape index (κ1) is 21.0. The fourth-order valence-corrected chi connectivity index (χ4v) is 4.61. The van der Waals surface area contributed by atoms with Crippen LogP contribution in [-0.2, 0) is 35.7 Å². The maximum Gasteiger partial charge on any atom is 0.197 e. The van der Waals surface area contributed by atoms with Crippen LogP contribution in [0.4, 0.5) is 0 Å². The Morgan fingerprint density at radius 1 is 1.03 bits per heavy atom. The van der Waals surface area contributed by atoms with Gasteiger partial charge in [0.1, 0.15) is 6.61 Å². The zero-order chi connectivity index (χ0) is 22.0. The minimum atomic E-state index is -0.270. The Balaban J connectivity index is 1.33. The van der Waals surface area contributed by atoms with Gasteiger partial charge in [-0.25, -0.2) is 0 Å². The molecule has 0 amide bonds. The zero-order valence-electron chi connectivity index (χ0n) is 18.5. The minimum Gasteiger partial charge on any atom is -0.476 e. The molecular formula is C27H29NO4. The first-order chi connectivity index (χ1) is 15.6. The van der Waals surface area contributed by atoms with Crippen LogP contribution < -0.4 is 10.2 Å². The van der Waals surface area contributed by atoms with E-state index in [1.54, 1.807) is 12.1 Å². The van der Waals surface area contributed by atoms with Crippen molar-refractivity contribution >= 4 is 0 Å². The standard InChI is InChI=1S/C27H29NO4/c1-27(11-5-13-32-27)19-31-26-16-23(29)15-25-24-9-8-21(14-22(24)10-12-28(25)26)18-30-17-20-6-3-2-4-7-20/h2-4,6-9,14-16H,5,10-13,17-19H2,1H3. The lowest BCUT2D eigenvalue weighted by Crippen LogP contribution is -2.32. The fraction of sp³-hybridized carbons (Fsp3) is 0.370. The van der Waals surface area contributed by atoms with Crippen molar-refractivity contribution in [3.63, 3.8) is 0 Å². The molecule has 1 unspecified atom stereocenters. The van der Waals surface area contributed by atoms with Crippen molar-refractivity contribution in [1.82, 2.24) is 4.57 Å². The average molecular weight is 432 g/mol. The summed E-state index contributed by atoms with van der Waals surface area (Å²) in [4.78, 5) is 12.4. The number of ether oxygens (including phenoxy) is 3. The van der Waals surface area contributed by atoms with Crippen LogP contribution in [-0.4, -0.2) is 23.4 Å². The molecule has 5 rings (SSSR count). The number of pyridine rings is 1. The van der Waals surface area contributed by atoms with Gasteiger partial charge in [-0.1, -0.05) is 48.5 Å². The number of aromatic nitrogens is 1. The number of fused-ring (bicyclic) bond motifs is 3. The van der Waals surface area contributed by atoms with E-state index in [9.17, 15) is 4.79 Å². The molecule has 1 saturated heterocycles. The third-order valence-electron chi connectivity index (χ3n) is 6.36. The highest BCUT2D eigenvalue weighted by atomic mass is 16.5. The molecule has 166 valence electrons. The maximum atomic E-state index is 12.4. The molecule has 2 aliphatic heterocycles. The van der Waals surface area contributed by atoms with Crippen LogP contribution in [0.5, 0.6) is 5.88 Å². The van der Waals surface area contributed by atoms with Crippen LogP contribution in [0.25, 0.3) is 11.3 Å². The second kappa shape index (κ2) is 8.93. The van der Waals surface area contributed by atoms with Crippen LogP contribution in [0.2, 0.25) is 0 Å². The lowest BCUT2D eigenvalue weighted by Gasteiger charge is -2.28. The summed E-state index contributed by atoms with van der Waals surface area (Å²) < 4.78 is 20.0. The van der Waals surface area contributed by atoms with Crippen molar-refractivity contribution in [2.45, 2.75) is 51.5 Å². The van der Waals surface area contributed by atoms with Crippen molar-refractivity contribution in [3.05, 3.63) is 87.6 Å². The van der Waals surface area contributed by atoms with E-state index in [4.69, 9.17) is 14.2 Å². The van der Waals surface area contributed by atoms with Crippen LogP contribution in [0.15, 0.2) is 65.5 Å². The Morgan fingerprint density at radius 3 is 2.69 bits per heavy atom. The molecule has 3 heterocycles. The summed E-state index contributed by atoms with van der Waals surface area (Å²) in [5.74, 6) is 0.630. The van der Waals surface area contributed by atoms with E-state index in [1.807, 2.05) is 18.2 Å². The number of benzene rings is 2. The highest BCUT2D eigenvalue weighted by molar-refractivity contribution is 5.67. The smallest absolute Gasteiger partial charge is 0.197 e. The number of nitrogens with zero attached hydrogens (tertiary/aromatic N) is 1. The van der Waals surface area contributed by atoms with Crippen molar-refractivity contribution < 1.29 is 14.2 Å². The first-order valence-electron chi connectivity index (χ1n) is 11.4. The molecule has 2 aliphatic rings. The van der Waals surface area contributed by atoms with Crippen molar-refractivity contribution in [2.24, 2.45) is 0 Å². The molecule has 5 heteroatoms. The van der Waals surface area contributed by atoms with Gasteiger partial charge in [-0.05, 0) is 42.9 Å². The summed E-state index contributed by atoms with van der Waals surface area (Å²) in [5, 5.41) is 0. The molecule has 0 aliphatic carbocycles. The van der Waals surface area contributed by atoms with E-state index >= 15 is 0 Å². The van der Waals surface area contributed by atoms with E-state index in [0.717, 1.165) is 49.2 Å². The van der Waals surface area contributed by atoms with Gasteiger partial charge in [-0.2, -0.15) is 0 Å². The maximum absolute atomic E-state index is 12.4.